The third-order valence-corrected chi connectivity index (χ3v) is 0.566. The molecule has 0 saturated carbocycles. The van der Waals surface area contributed by atoms with E-state index in [9.17, 15) is 30.3 Å². The predicted octanol–water partition coefficient (Wildman–Crippen LogP) is -2.08. The van der Waals surface area contributed by atoms with Crippen molar-refractivity contribution >= 4 is 0 Å². The van der Waals surface area contributed by atoms with Gasteiger partial charge in [-0.3, -0.25) is 42.0 Å². The first-order valence-electron chi connectivity index (χ1n) is 2.20. The summed E-state index contributed by atoms with van der Waals surface area (Å²) in [6.45, 7) is 0. The van der Waals surface area contributed by atoms with Crippen LogP contribution < -0.4 is 11.7 Å². The summed E-state index contributed by atoms with van der Waals surface area (Å²) in [5, 5.41) is 28.5. The molecule has 0 fully saturated rings. The van der Waals surface area contributed by atoms with Crippen LogP contribution in [0.5, 0.6) is 0 Å². The highest BCUT2D eigenvalue weighted by molar-refractivity contribution is 4.19. The number of nitrogens with zero attached hydrogens (tertiary/aromatic N) is 3. The minimum atomic E-state index is -2.94. The lowest BCUT2D eigenvalue weighted by molar-refractivity contribution is -0.912. The van der Waals surface area contributed by atoms with Crippen LogP contribution in [0.4, 0.5) is 0 Å². The summed E-state index contributed by atoms with van der Waals surface area (Å²) in [6, 6.07) is 0. The molecular weight excluding hydrogens is 178 g/mol. The van der Waals surface area contributed by atoms with Crippen LogP contribution >= 0.6 is 0 Å². The van der Waals surface area contributed by atoms with Crippen LogP contribution in [0, 0.1) is 30.3 Å². The van der Waals surface area contributed by atoms with Gasteiger partial charge in [-0.2, -0.15) is 0 Å². The van der Waals surface area contributed by atoms with Crippen LogP contribution in [-0.2, 0) is 0 Å². The highest BCUT2D eigenvalue weighted by Crippen LogP contribution is 1.90. The molecular formula is CH5N5O6. The Balaban J connectivity index is 0. The van der Waals surface area contributed by atoms with E-state index in [-0.39, 0.29) is 0 Å². The molecule has 0 aliphatic heterocycles. The van der Waals surface area contributed by atoms with Crippen molar-refractivity contribution < 1.29 is 14.8 Å². The Morgan fingerprint density at radius 3 is 1.00 bits per heavy atom. The van der Waals surface area contributed by atoms with Crippen LogP contribution in [-0.4, -0.2) is 21.1 Å². The van der Waals surface area contributed by atoms with Crippen LogP contribution in [0.25, 0.3) is 0 Å². The van der Waals surface area contributed by atoms with Gasteiger partial charge in [0.05, 0.1) is 0 Å². The summed E-state index contributed by atoms with van der Waals surface area (Å²) in [5.41, 5.74) is 0. The molecule has 0 aliphatic rings. The largest absolute Gasteiger partial charge is 0.693 e. The van der Waals surface area contributed by atoms with Crippen molar-refractivity contribution in [1.29, 1.82) is 0 Å². The van der Waals surface area contributed by atoms with Gasteiger partial charge in [0.25, 0.3) is 0 Å². The Labute approximate surface area is 64.4 Å². The van der Waals surface area contributed by atoms with E-state index in [0.29, 0.717) is 0 Å². The van der Waals surface area contributed by atoms with Gasteiger partial charge in [0.15, 0.2) is 14.8 Å². The molecule has 11 nitrogen and oxygen atoms in total. The fraction of sp³-hybridized carbons (Fsp3) is 1.00. The maximum absolute atomic E-state index is 9.50. The molecule has 4 N–H and O–H groups in total. The number of nitro groups is 3. The molecule has 11 heteroatoms. The third-order valence-electron chi connectivity index (χ3n) is 0.566. The summed E-state index contributed by atoms with van der Waals surface area (Å²) < 4.78 is 0. The van der Waals surface area contributed by atoms with E-state index in [4.69, 9.17) is 0 Å². The first-order valence-corrected chi connectivity index (χ1v) is 2.20. The molecule has 0 bridgehead atoms. The van der Waals surface area contributed by atoms with Crippen LogP contribution in [0.3, 0.4) is 0 Å². The van der Waals surface area contributed by atoms with Crippen LogP contribution in [0.15, 0.2) is 0 Å². The predicted molar refractivity (Wildman–Crippen MR) is 33.1 cm³/mol. The maximum Gasteiger partial charge on any atom is 0.693 e. The van der Waals surface area contributed by atoms with Gasteiger partial charge in [0.2, 0.25) is 0 Å². The van der Waals surface area contributed by atoms with Gasteiger partial charge in [-0.1, -0.05) is 0 Å². The molecule has 0 rings (SSSR count). The van der Waals surface area contributed by atoms with E-state index in [1.807, 2.05) is 0 Å². The van der Waals surface area contributed by atoms with E-state index in [1.165, 1.54) is 0 Å². The zero-order valence-electron chi connectivity index (χ0n) is 5.52. The lowest BCUT2D eigenvalue weighted by Gasteiger charge is -1.90. The van der Waals surface area contributed by atoms with Crippen molar-refractivity contribution in [2.45, 2.75) is 6.29 Å². The Bertz CT molecular complexity index is 155. The zero-order chi connectivity index (χ0) is 10.3. The monoisotopic (exact) mass is 183 g/mol. The zero-order valence-corrected chi connectivity index (χ0v) is 5.52. The number of hydrogen-bond donors (Lipinski definition) is 2. The topological polar surface area (TPSA) is 181 Å². The quantitative estimate of drug-likeness (QED) is 0.216. The second kappa shape index (κ2) is 5.87. The van der Waals surface area contributed by atoms with Crippen molar-refractivity contribution in [2.24, 2.45) is 11.7 Å². The molecule has 0 saturated heterocycles. The number of nitrogens with two attached hydrogens (primary N) is 2. The van der Waals surface area contributed by atoms with E-state index in [0.717, 1.165) is 0 Å². The van der Waals surface area contributed by atoms with Gasteiger partial charge in [-0.05, 0) is 0 Å². The van der Waals surface area contributed by atoms with Crippen molar-refractivity contribution in [3.05, 3.63) is 30.3 Å². The lowest BCUT2D eigenvalue weighted by atomic mass is 10.9. The molecule has 70 valence electrons. The minimum absolute atomic E-state index is 1.58. The maximum atomic E-state index is 9.50. The molecule has 0 aromatic heterocycles. The van der Waals surface area contributed by atoms with E-state index >= 15 is 0 Å². The van der Waals surface area contributed by atoms with Gasteiger partial charge in [0.1, 0.15) is 0 Å². The molecule has 0 heterocycles. The normalized spacial score (nSPS) is 8.25. The van der Waals surface area contributed by atoms with Gasteiger partial charge in [-0.15, -0.1) is 0 Å². The number of hydrogen-bond acceptors (Lipinski definition) is 8. The van der Waals surface area contributed by atoms with Gasteiger partial charge >= 0.3 is 6.29 Å². The number of hydrazine groups is 1. The molecule has 0 amide bonds. The van der Waals surface area contributed by atoms with E-state index < -0.39 is 21.1 Å². The smallest absolute Gasteiger partial charge is 0.274 e. The van der Waals surface area contributed by atoms with Gasteiger partial charge in [0, 0.05) is 0 Å². The van der Waals surface area contributed by atoms with E-state index in [2.05, 4.69) is 11.7 Å². The second-order valence-corrected chi connectivity index (χ2v) is 1.20. The third kappa shape index (κ3) is 4.02. The summed E-state index contributed by atoms with van der Waals surface area (Å²) in [4.78, 5) is 23.8. The first-order chi connectivity index (χ1) is 5.46. The van der Waals surface area contributed by atoms with Crippen molar-refractivity contribution in [2.75, 3.05) is 0 Å². The molecule has 12 heavy (non-hydrogen) atoms. The molecule has 0 radical (unpaired) electrons. The summed E-state index contributed by atoms with van der Waals surface area (Å²) in [6.07, 6.45) is -2.94. The van der Waals surface area contributed by atoms with Gasteiger partial charge in [-0.25, -0.2) is 0 Å². The van der Waals surface area contributed by atoms with Crippen LogP contribution in [0.1, 0.15) is 0 Å². The molecule has 0 aromatic carbocycles. The fourth-order valence-electron chi connectivity index (χ4n) is 0.231. The van der Waals surface area contributed by atoms with Crippen molar-refractivity contribution in [3.8, 4) is 0 Å². The van der Waals surface area contributed by atoms with Crippen LogP contribution in [0.2, 0.25) is 0 Å². The summed E-state index contributed by atoms with van der Waals surface area (Å²) in [5.74, 6) is 8.00. The lowest BCUT2D eigenvalue weighted by Crippen LogP contribution is -2.36. The Hall–Kier alpha value is -1.88. The average Bonchev–Trinajstić information content (AvgIpc) is 1.88. The number of rotatable bonds is 3. The molecule has 0 spiro atoms. The van der Waals surface area contributed by atoms with Gasteiger partial charge < -0.3 is 0 Å². The average molecular weight is 183 g/mol. The summed E-state index contributed by atoms with van der Waals surface area (Å²) in [7, 11) is 0. The minimum Gasteiger partial charge on any atom is -0.274 e. The highest BCUT2D eigenvalue weighted by atomic mass is 16.7. The highest BCUT2D eigenvalue weighted by Gasteiger charge is 2.45. The first kappa shape index (κ1) is 12.8. The summed E-state index contributed by atoms with van der Waals surface area (Å²) >= 11 is 0. The standard InChI is InChI=1S/CHN3O6.H4N2/c5-2(6)1(3(7)8)4(9)10;1-2/h1H;1-2H2. The SMILES string of the molecule is NN.O=[N+]([O-])C([N+](=O)[O-])[N+](=O)[O-]. The molecule has 0 unspecified atom stereocenters. The Morgan fingerprint density at radius 1 is 0.833 bits per heavy atom. The fourth-order valence-corrected chi connectivity index (χ4v) is 0.231. The molecule has 0 aliphatic carbocycles. The Kier molecular flexibility index (Phi) is 6.25. The molecule has 0 atom stereocenters. The van der Waals surface area contributed by atoms with E-state index in [1.54, 1.807) is 0 Å². The Morgan fingerprint density at radius 2 is 1.00 bits per heavy atom. The second-order valence-electron chi connectivity index (χ2n) is 1.20. The molecule has 0 aromatic rings. The van der Waals surface area contributed by atoms with Crippen molar-refractivity contribution in [1.82, 2.24) is 0 Å². The van der Waals surface area contributed by atoms with Crippen molar-refractivity contribution in [3.63, 3.8) is 0 Å².